The molecule has 0 aromatic heterocycles. The fourth-order valence-electron chi connectivity index (χ4n) is 1.36. The SMILES string of the molecule is O=CCN[C@H](Cc1cc(F)ccc1F)C(=O)O. The molecule has 6 heteroatoms. The van der Waals surface area contributed by atoms with Crippen LogP contribution in [-0.2, 0) is 16.0 Å². The molecule has 17 heavy (non-hydrogen) atoms. The Balaban J connectivity index is 2.81. The highest BCUT2D eigenvalue weighted by atomic mass is 19.1. The van der Waals surface area contributed by atoms with Crippen molar-refractivity contribution in [3.63, 3.8) is 0 Å². The van der Waals surface area contributed by atoms with Crippen LogP contribution in [0.4, 0.5) is 8.78 Å². The van der Waals surface area contributed by atoms with Gasteiger partial charge in [0.2, 0.25) is 0 Å². The number of rotatable bonds is 6. The Labute approximate surface area is 96.3 Å². The van der Waals surface area contributed by atoms with E-state index in [1.807, 2.05) is 0 Å². The number of aldehydes is 1. The first-order valence-electron chi connectivity index (χ1n) is 4.88. The van der Waals surface area contributed by atoms with Crippen LogP contribution in [0.1, 0.15) is 5.56 Å². The molecule has 0 heterocycles. The Bertz CT molecular complexity index is 423. The molecule has 0 radical (unpaired) electrons. The number of nitrogens with one attached hydrogen (secondary N) is 1. The van der Waals surface area contributed by atoms with Crippen LogP contribution in [0.25, 0.3) is 0 Å². The van der Waals surface area contributed by atoms with Gasteiger partial charge in [-0.25, -0.2) is 8.78 Å². The van der Waals surface area contributed by atoms with Crippen molar-refractivity contribution in [3.05, 3.63) is 35.4 Å². The summed E-state index contributed by atoms with van der Waals surface area (Å²) < 4.78 is 26.1. The van der Waals surface area contributed by atoms with Crippen molar-refractivity contribution in [2.45, 2.75) is 12.5 Å². The summed E-state index contributed by atoms with van der Waals surface area (Å²) in [7, 11) is 0. The fraction of sp³-hybridized carbons (Fsp3) is 0.273. The van der Waals surface area contributed by atoms with Crippen molar-refractivity contribution in [2.24, 2.45) is 0 Å². The van der Waals surface area contributed by atoms with E-state index >= 15 is 0 Å². The van der Waals surface area contributed by atoms with Crippen molar-refractivity contribution in [1.82, 2.24) is 5.32 Å². The van der Waals surface area contributed by atoms with Crippen molar-refractivity contribution >= 4 is 12.3 Å². The molecule has 1 rings (SSSR count). The molecule has 2 N–H and O–H groups in total. The molecule has 0 fully saturated rings. The van der Waals surface area contributed by atoms with Crippen LogP contribution >= 0.6 is 0 Å². The Hall–Kier alpha value is -1.82. The lowest BCUT2D eigenvalue weighted by molar-refractivity contribution is -0.139. The lowest BCUT2D eigenvalue weighted by Crippen LogP contribution is -2.39. The number of halogens is 2. The monoisotopic (exact) mass is 243 g/mol. The van der Waals surface area contributed by atoms with E-state index in [2.05, 4.69) is 5.32 Å². The van der Waals surface area contributed by atoms with E-state index in [4.69, 9.17) is 5.11 Å². The molecule has 1 aromatic rings. The van der Waals surface area contributed by atoms with Gasteiger partial charge in [-0.1, -0.05) is 0 Å². The molecule has 0 unspecified atom stereocenters. The standard InChI is InChI=1S/C11H11F2NO3/c12-8-1-2-9(13)7(5-8)6-10(11(16)17)14-3-4-15/h1-2,4-5,10,14H,3,6H2,(H,16,17)/t10-/m1/s1. The van der Waals surface area contributed by atoms with Crippen molar-refractivity contribution < 1.29 is 23.5 Å². The van der Waals surface area contributed by atoms with E-state index in [0.29, 0.717) is 6.29 Å². The Kier molecular flexibility index (Phi) is 4.71. The molecule has 0 spiro atoms. The Morgan fingerprint density at radius 1 is 1.47 bits per heavy atom. The summed E-state index contributed by atoms with van der Waals surface area (Å²) in [6, 6.07) is 1.70. The summed E-state index contributed by atoms with van der Waals surface area (Å²) >= 11 is 0. The van der Waals surface area contributed by atoms with Gasteiger partial charge in [0.25, 0.3) is 0 Å². The predicted molar refractivity (Wildman–Crippen MR) is 55.6 cm³/mol. The summed E-state index contributed by atoms with van der Waals surface area (Å²) in [5, 5.41) is 11.2. The zero-order chi connectivity index (χ0) is 12.8. The van der Waals surface area contributed by atoms with Gasteiger partial charge in [-0.05, 0) is 23.8 Å². The third-order valence-corrected chi connectivity index (χ3v) is 2.18. The quantitative estimate of drug-likeness (QED) is 0.723. The summed E-state index contributed by atoms with van der Waals surface area (Å²) in [5.74, 6) is -2.54. The van der Waals surface area contributed by atoms with Crippen LogP contribution in [0, 0.1) is 11.6 Å². The van der Waals surface area contributed by atoms with Crippen LogP contribution in [0.3, 0.4) is 0 Å². The number of hydrogen-bond acceptors (Lipinski definition) is 3. The second kappa shape index (κ2) is 6.05. The number of hydrogen-bond donors (Lipinski definition) is 2. The van der Waals surface area contributed by atoms with Crippen LogP contribution in [-0.4, -0.2) is 29.9 Å². The first kappa shape index (κ1) is 13.2. The first-order chi connectivity index (χ1) is 8.04. The van der Waals surface area contributed by atoms with Gasteiger partial charge in [-0.3, -0.25) is 10.1 Å². The van der Waals surface area contributed by atoms with Crippen LogP contribution in [0.15, 0.2) is 18.2 Å². The van der Waals surface area contributed by atoms with Crippen molar-refractivity contribution in [3.8, 4) is 0 Å². The van der Waals surface area contributed by atoms with Crippen LogP contribution in [0.5, 0.6) is 0 Å². The highest BCUT2D eigenvalue weighted by molar-refractivity contribution is 5.74. The van der Waals surface area contributed by atoms with Crippen LogP contribution < -0.4 is 5.32 Å². The third kappa shape index (κ3) is 3.92. The van der Waals surface area contributed by atoms with Gasteiger partial charge < -0.3 is 9.90 Å². The summed E-state index contributed by atoms with van der Waals surface area (Å²) in [5.41, 5.74) is -0.0456. The molecule has 0 amide bonds. The Morgan fingerprint density at radius 2 is 2.18 bits per heavy atom. The zero-order valence-corrected chi connectivity index (χ0v) is 8.82. The second-order valence-electron chi connectivity index (χ2n) is 3.41. The molecule has 0 bridgehead atoms. The molecular weight excluding hydrogens is 232 g/mol. The number of aliphatic carboxylic acids is 1. The summed E-state index contributed by atoms with van der Waals surface area (Å²) in [6.45, 7) is -0.159. The average Bonchev–Trinajstić information content (AvgIpc) is 2.28. The summed E-state index contributed by atoms with van der Waals surface area (Å²) in [4.78, 5) is 20.9. The van der Waals surface area contributed by atoms with Crippen molar-refractivity contribution in [2.75, 3.05) is 6.54 Å². The summed E-state index contributed by atoms with van der Waals surface area (Å²) in [6.07, 6.45) is 0.268. The van der Waals surface area contributed by atoms with Gasteiger partial charge in [0.05, 0.1) is 6.54 Å². The van der Waals surface area contributed by atoms with Crippen LogP contribution in [0.2, 0.25) is 0 Å². The predicted octanol–water partition coefficient (Wildman–Crippen LogP) is 0.749. The normalized spacial score (nSPS) is 12.1. The fourth-order valence-corrected chi connectivity index (χ4v) is 1.36. The average molecular weight is 243 g/mol. The number of carboxylic acid groups (broad SMARTS) is 1. The molecule has 1 aromatic carbocycles. The smallest absolute Gasteiger partial charge is 0.321 e. The van der Waals surface area contributed by atoms with Gasteiger partial charge >= 0.3 is 5.97 Å². The maximum atomic E-state index is 13.3. The topological polar surface area (TPSA) is 66.4 Å². The molecular formula is C11H11F2NO3. The molecule has 92 valence electrons. The second-order valence-corrected chi connectivity index (χ2v) is 3.41. The third-order valence-electron chi connectivity index (χ3n) is 2.18. The van der Waals surface area contributed by atoms with E-state index in [1.165, 1.54) is 0 Å². The van der Waals surface area contributed by atoms with Gasteiger partial charge in [0.1, 0.15) is 24.0 Å². The zero-order valence-electron chi connectivity index (χ0n) is 8.82. The van der Waals surface area contributed by atoms with Gasteiger partial charge in [-0.2, -0.15) is 0 Å². The molecule has 0 aliphatic carbocycles. The minimum Gasteiger partial charge on any atom is -0.480 e. The van der Waals surface area contributed by atoms with E-state index < -0.39 is 23.6 Å². The van der Waals surface area contributed by atoms with E-state index in [1.54, 1.807) is 0 Å². The largest absolute Gasteiger partial charge is 0.480 e. The lowest BCUT2D eigenvalue weighted by Gasteiger charge is -2.13. The first-order valence-corrected chi connectivity index (χ1v) is 4.88. The molecule has 0 aliphatic heterocycles. The van der Waals surface area contributed by atoms with E-state index in [0.717, 1.165) is 18.2 Å². The van der Waals surface area contributed by atoms with E-state index in [-0.39, 0.29) is 18.5 Å². The highest BCUT2D eigenvalue weighted by Crippen LogP contribution is 2.12. The van der Waals surface area contributed by atoms with E-state index in [9.17, 15) is 18.4 Å². The molecule has 0 saturated carbocycles. The maximum Gasteiger partial charge on any atom is 0.321 e. The van der Waals surface area contributed by atoms with Gasteiger partial charge in [-0.15, -0.1) is 0 Å². The van der Waals surface area contributed by atoms with Gasteiger partial charge in [0, 0.05) is 6.42 Å². The lowest BCUT2D eigenvalue weighted by atomic mass is 10.1. The number of carboxylic acids is 1. The van der Waals surface area contributed by atoms with Gasteiger partial charge in [0.15, 0.2) is 0 Å². The Morgan fingerprint density at radius 3 is 2.76 bits per heavy atom. The highest BCUT2D eigenvalue weighted by Gasteiger charge is 2.19. The molecule has 0 saturated heterocycles. The minimum absolute atomic E-state index is 0.0456. The number of carbonyl (C=O) groups excluding carboxylic acids is 1. The van der Waals surface area contributed by atoms with Crippen molar-refractivity contribution in [1.29, 1.82) is 0 Å². The molecule has 1 atom stereocenters. The number of benzene rings is 1. The number of carbonyl (C=O) groups is 2. The molecule has 4 nitrogen and oxygen atoms in total. The minimum atomic E-state index is -1.23. The molecule has 0 aliphatic rings. The maximum absolute atomic E-state index is 13.3.